The first-order valence-corrected chi connectivity index (χ1v) is 12.1. The number of aromatic nitrogens is 1. The fourth-order valence-electron chi connectivity index (χ4n) is 5.11. The van der Waals surface area contributed by atoms with Crippen LogP contribution in [0.2, 0.25) is 0 Å². The smallest absolute Gasteiger partial charge is 0.0998 e. The van der Waals surface area contributed by atoms with Gasteiger partial charge in [-0.2, -0.15) is 5.26 Å². The Hall–Kier alpha value is -4.39. The Bertz CT molecular complexity index is 1880. The molecular formula is C31H18N2S. The first kappa shape index (κ1) is 19.1. The molecule has 0 spiro atoms. The first-order chi connectivity index (χ1) is 16.8. The maximum atomic E-state index is 9.59. The van der Waals surface area contributed by atoms with E-state index in [2.05, 4.69) is 95.6 Å². The summed E-state index contributed by atoms with van der Waals surface area (Å²) in [5, 5.41) is 14.6. The zero-order chi connectivity index (χ0) is 22.6. The van der Waals surface area contributed by atoms with E-state index in [1.54, 1.807) is 0 Å². The van der Waals surface area contributed by atoms with Crippen LogP contribution in [0, 0.1) is 11.3 Å². The summed E-state index contributed by atoms with van der Waals surface area (Å²) in [7, 11) is 0. The van der Waals surface area contributed by atoms with Gasteiger partial charge in [0, 0.05) is 36.6 Å². The molecule has 0 fully saturated rings. The van der Waals surface area contributed by atoms with E-state index < -0.39 is 0 Å². The molecule has 0 bridgehead atoms. The van der Waals surface area contributed by atoms with E-state index in [0.717, 1.165) is 16.8 Å². The normalized spacial score (nSPS) is 11.5. The van der Waals surface area contributed by atoms with E-state index in [1.165, 1.54) is 42.0 Å². The van der Waals surface area contributed by atoms with Crippen LogP contribution in [0.5, 0.6) is 0 Å². The van der Waals surface area contributed by atoms with Crippen LogP contribution in [0.25, 0.3) is 58.8 Å². The van der Waals surface area contributed by atoms with Crippen molar-refractivity contribution in [3.8, 4) is 22.9 Å². The Morgan fingerprint density at radius 3 is 1.94 bits per heavy atom. The topological polar surface area (TPSA) is 28.7 Å². The van der Waals surface area contributed by atoms with Gasteiger partial charge in [-0.3, -0.25) is 0 Å². The molecule has 34 heavy (non-hydrogen) atoms. The molecule has 0 aliphatic rings. The molecule has 0 radical (unpaired) electrons. The molecule has 7 aromatic rings. The van der Waals surface area contributed by atoms with Crippen LogP contribution >= 0.6 is 11.3 Å². The molecular weight excluding hydrogens is 432 g/mol. The molecule has 3 heteroatoms. The van der Waals surface area contributed by atoms with Gasteiger partial charge in [0.15, 0.2) is 0 Å². The molecule has 0 N–H and O–H groups in total. The number of rotatable bonds is 2. The summed E-state index contributed by atoms with van der Waals surface area (Å²) < 4.78 is 4.89. The molecule has 158 valence electrons. The lowest BCUT2D eigenvalue weighted by Crippen LogP contribution is -1.93. The average Bonchev–Trinajstić information content (AvgIpc) is 3.43. The number of para-hydroxylation sites is 2. The van der Waals surface area contributed by atoms with Gasteiger partial charge in [-0.05, 0) is 59.7 Å². The van der Waals surface area contributed by atoms with Crippen LogP contribution in [0.15, 0.2) is 109 Å². The monoisotopic (exact) mass is 450 g/mol. The van der Waals surface area contributed by atoms with Crippen LogP contribution in [0.3, 0.4) is 0 Å². The van der Waals surface area contributed by atoms with Gasteiger partial charge in [0.1, 0.15) is 0 Å². The lowest BCUT2D eigenvalue weighted by molar-refractivity contribution is 1.19. The van der Waals surface area contributed by atoms with Crippen molar-refractivity contribution in [2.24, 2.45) is 0 Å². The summed E-state index contributed by atoms with van der Waals surface area (Å²) in [6, 6.07) is 40.7. The van der Waals surface area contributed by atoms with Gasteiger partial charge >= 0.3 is 0 Å². The zero-order valence-corrected chi connectivity index (χ0v) is 19.0. The number of hydrogen-bond donors (Lipinski definition) is 0. The Labute approximate surface area is 200 Å². The molecule has 2 nitrogen and oxygen atoms in total. The van der Waals surface area contributed by atoms with Gasteiger partial charge in [0.2, 0.25) is 0 Å². The van der Waals surface area contributed by atoms with Crippen LogP contribution in [-0.4, -0.2) is 4.57 Å². The Balaban J connectivity index is 1.50. The first-order valence-electron chi connectivity index (χ1n) is 11.3. The van der Waals surface area contributed by atoms with Gasteiger partial charge in [-0.15, -0.1) is 11.3 Å². The van der Waals surface area contributed by atoms with E-state index >= 15 is 0 Å². The summed E-state index contributed by atoms with van der Waals surface area (Å²) in [5.74, 6) is 0. The lowest BCUT2D eigenvalue weighted by Gasteiger charge is -2.08. The second-order valence-electron chi connectivity index (χ2n) is 8.52. The number of hydrogen-bond acceptors (Lipinski definition) is 2. The number of nitriles is 1. The van der Waals surface area contributed by atoms with Crippen molar-refractivity contribution < 1.29 is 0 Å². The summed E-state index contributed by atoms with van der Waals surface area (Å²) in [4.78, 5) is 0. The highest BCUT2D eigenvalue weighted by Crippen LogP contribution is 2.39. The molecule has 7 rings (SSSR count). The largest absolute Gasteiger partial charge is 0.309 e. The molecule has 2 aromatic heterocycles. The van der Waals surface area contributed by atoms with Crippen molar-refractivity contribution in [3.63, 3.8) is 0 Å². The molecule has 5 aromatic carbocycles. The van der Waals surface area contributed by atoms with Gasteiger partial charge in [-0.25, -0.2) is 0 Å². The molecule has 0 saturated carbocycles. The third kappa shape index (κ3) is 2.73. The summed E-state index contributed by atoms with van der Waals surface area (Å²) >= 11 is 1.81. The summed E-state index contributed by atoms with van der Waals surface area (Å²) in [6.45, 7) is 0. The van der Waals surface area contributed by atoms with E-state index in [1.807, 2.05) is 35.6 Å². The molecule has 0 atom stereocenters. The van der Waals surface area contributed by atoms with Crippen LogP contribution in [-0.2, 0) is 0 Å². The minimum Gasteiger partial charge on any atom is -0.309 e. The second-order valence-corrected chi connectivity index (χ2v) is 9.60. The zero-order valence-electron chi connectivity index (χ0n) is 18.2. The maximum Gasteiger partial charge on any atom is 0.0998 e. The average molecular weight is 451 g/mol. The number of nitrogens with zero attached hydrogens (tertiary/aromatic N) is 2. The Kier molecular flexibility index (Phi) is 4.11. The Morgan fingerprint density at radius 1 is 0.588 bits per heavy atom. The fraction of sp³-hybridized carbons (Fsp3) is 0. The lowest BCUT2D eigenvalue weighted by atomic mass is 9.98. The highest BCUT2D eigenvalue weighted by molar-refractivity contribution is 7.25. The van der Waals surface area contributed by atoms with Gasteiger partial charge in [0.05, 0.1) is 22.7 Å². The van der Waals surface area contributed by atoms with Crippen LogP contribution in [0.4, 0.5) is 0 Å². The van der Waals surface area contributed by atoms with Crippen molar-refractivity contribution >= 4 is 53.3 Å². The quantitative estimate of drug-likeness (QED) is 0.259. The van der Waals surface area contributed by atoms with Gasteiger partial charge in [0.25, 0.3) is 0 Å². The van der Waals surface area contributed by atoms with E-state index in [9.17, 15) is 5.26 Å². The number of benzene rings is 5. The van der Waals surface area contributed by atoms with Crippen molar-refractivity contribution in [2.45, 2.75) is 0 Å². The summed E-state index contributed by atoms with van der Waals surface area (Å²) in [6.07, 6.45) is 0. The third-order valence-electron chi connectivity index (χ3n) is 6.65. The molecule has 0 amide bonds. The van der Waals surface area contributed by atoms with E-state index in [-0.39, 0.29) is 0 Å². The van der Waals surface area contributed by atoms with Gasteiger partial charge < -0.3 is 4.57 Å². The SMILES string of the molecule is N#Cc1ccccc1-c1ccc2sc3ccc(-n4c5ccccc5c5ccccc54)cc3c2c1. The third-order valence-corrected chi connectivity index (χ3v) is 7.80. The summed E-state index contributed by atoms with van der Waals surface area (Å²) in [5.41, 5.74) is 6.34. The van der Waals surface area contributed by atoms with Crippen molar-refractivity contribution in [1.29, 1.82) is 5.26 Å². The predicted octanol–water partition coefficient (Wildman–Crippen LogP) is 8.69. The van der Waals surface area contributed by atoms with Crippen LogP contribution < -0.4 is 0 Å². The van der Waals surface area contributed by atoms with Crippen molar-refractivity contribution in [1.82, 2.24) is 4.57 Å². The molecule has 0 saturated heterocycles. The Morgan fingerprint density at radius 2 is 1.21 bits per heavy atom. The minimum absolute atomic E-state index is 0.701. The number of fused-ring (bicyclic) bond motifs is 6. The molecule has 0 unspecified atom stereocenters. The number of thiophene rings is 1. The molecule has 2 heterocycles. The highest BCUT2D eigenvalue weighted by atomic mass is 32.1. The second kappa shape index (κ2) is 7.31. The van der Waals surface area contributed by atoms with Crippen molar-refractivity contribution in [2.75, 3.05) is 0 Å². The van der Waals surface area contributed by atoms with E-state index in [0.29, 0.717) is 5.56 Å². The molecule has 0 aliphatic heterocycles. The van der Waals surface area contributed by atoms with Crippen LogP contribution in [0.1, 0.15) is 5.56 Å². The van der Waals surface area contributed by atoms with Crippen molar-refractivity contribution in [3.05, 3.63) is 115 Å². The fourth-order valence-corrected chi connectivity index (χ4v) is 6.17. The highest BCUT2D eigenvalue weighted by Gasteiger charge is 2.14. The standard InChI is InChI=1S/C31H18N2S/c32-19-21-7-1-2-8-23(21)20-13-15-30-26(17-20)27-18-22(14-16-31(27)34-30)33-28-11-5-3-9-24(28)25-10-4-6-12-29(25)33/h1-18H. The maximum absolute atomic E-state index is 9.59. The molecule has 0 aliphatic carbocycles. The van der Waals surface area contributed by atoms with Gasteiger partial charge in [-0.1, -0.05) is 60.7 Å². The minimum atomic E-state index is 0.701. The van der Waals surface area contributed by atoms with E-state index in [4.69, 9.17) is 0 Å². The predicted molar refractivity (Wildman–Crippen MR) is 144 cm³/mol.